The SMILES string of the molecule is Cc1c(Cl)cccc1NC(=O)NC1COCC1(C)C(=O)O. The molecular formula is C14H17ClN2O4. The minimum atomic E-state index is -1.12. The Bertz CT molecular complexity index is 578. The Morgan fingerprint density at radius 2 is 2.19 bits per heavy atom. The van der Waals surface area contributed by atoms with Crippen LogP contribution >= 0.6 is 11.6 Å². The molecule has 1 aliphatic rings. The Kier molecular flexibility index (Phi) is 4.39. The number of carbonyl (C=O) groups is 2. The number of aliphatic carboxylic acids is 1. The fraction of sp³-hybridized carbons (Fsp3) is 0.429. The van der Waals surface area contributed by atoms with Crippen LogP contribution in [0.25, 0.3) is 0 Å². The number of halogens is 1. The van der Waals surface area contributed by atoms with Crippen LogP contribution in [0, 0.1) is 12.3 Å². The van der Waals surface area contributed by atoms with Crippen molar-refractivity contribution in [1.82, 2.24) is 5.32 Å². The molecule has 0 bridgehead atoms. The predicted molar refractivity (Wildman–Crippen MR) is 78.7 cm³/mol. The van der Waals surface area contributed by atoms with Gasteiger partial charge in [-0.25, -0.2) is 4.79 Å². The van der Waals surface area contributed by atoms with Gasteiger partial charge in [0.1, 0.15) is 5.41 Å². The Morgan fingerprint density at radius 3 is 2.86 bits per heavy atom. The third-order valence-electron chi connectivity index (χ3n) is 3.77. The largest absolute Gasteiger partial charge is 0.481 e. The van der Waals surface area contributed by atoms with Crippen molar-refractivity contribution in [2.75, 3.05) is 18.5 Å². The lowest BCUT2D eigenvalue weighted by molar-refractivity contribution is -0.148. The number of carboxylic acid groups (broad SMARTS) is 1. The number of amides is 2. The molecule has 2 unspecified atom stereocenters. The van der Waals surface area contributed by atoms with Gasteiger partial charge in [-0.1, -0.05) is 17.7 Å². The summed E-state index contributed by atoms with van der Waals surface area (Å²) < 4.78 is 5.18. The lowest BCUT2D eigenvalue weighted by Crippen LogP contribution is -2.50. The van der Waals surface area contributed by atoms with Crippen LogP contribution in [0.5, 0.6) is 0 Å². The molecule has 2 atom stereocenters. The van der Waals surface area contributed by atoms with Gasteiger partial charge in [0.05, 0.1) is 19.3 Å². The van der Waals surface area contributed by atoms with Crippen LogP contribution in [0.3, 0.4) is 0 Å². The third-order valence-corrected chi connectivity index (χ3v) is 4.17. The summed E-state index contributed by atoms with van der Waals surface area (Å²) in [5.74, 6) is -0.996. The topological polar surface area (TPSA) is 87.7 Å². The van der Waals surface area contributed by atoms with Gasteiger partial charge in [0.25, 0.3) is 0 Å². The van der Waals surface area contributed by atoms with Crippen LogP contribution in [0.4, 0.5) is 10.5 Å². The highest BCUT2D eigenvalue weighted by Crippen LogP contribution is 2.29. The number of carbonyl (C=O) groups excluding carboxylic acids is 1. The zero-order chi connectivity index (χ0) is 15.6. The second-order valence-electron chi connectivity index (χ2n) is 5.30. The van der Waals surface area contributed by atoms with Gasteiger partial charge in [0, 0.05) is 10.7 Å². The predicted octanol–water partition coefficient (Wildman–Crippen LogP) is 2.26. The first-order valence-electron chi connectivity index (χ1n) is 6.48. The summed E-state index contributed by atoms with van der Waals surface area (Å²) in [6.07, 6.45) is 0. The van der Waals surface area contributed by atoms with Crippen molar-refractivity contribution in [3.8, 4) is 0 Å². The second-order valence-corrected chi connectivity index (χ2v) is 5.71. The van der Waals surface area contributed by atoms with Crippen LogP contribution in [0.1, 0.15) is 12.5 Å². The van der Waals surface area contributed by atoms with E-state index in [1.54, 1.807) is 32.0 Å². The van der Waals surface area contributed by atoms with Crippen LogP contribution < -0.4 is 10.6 Å². The van der Waals surface area contributed by atoms with Gasteiger partial charge in [-0.15, -0.1) is 0 Å². The monoisotopic (exact) mass is 312 g/mol. The average molecular weight is 313 g/mol. The molecule has 1 aromatic carbocycles. The van der Waals surface area contributed by atoms with Crippen molar-refractivity contribution in [3.63, 3.8) is 0 Å². The van der Waals surface area contributed by atoms with Crippen molar-refractivity contribution in [1.29, 1.82) is 0 Å². The molecule has 6 nitrogen and oxygen atoms in total. The molecular weight excluding hydrogens is 296 g/mol. The standard InChI is InChI=1S/C14H17ClN2O4/c1-8-9(15)4-3-5-10(8)16-13(20)17-11-6-21-7-14(11,2)12(18)19/h3-5,11H,6-7H2,1-2H3,(H,18,19)(H2,16,17,20). The number of hydrogen-bond donors (Lipinski definition) is 3. The zero-order valence-electron chi connectivity index (χ0n) is 11.8. The minimum absolute atomic E-state index is 0.0729. The van der Waals surface area contributed by atoms with E-state index in [9.17, 15) is 14.7 Å². The first kappa shape index (κ1) is 15.6. The van der Waals surface area contributed by atoms with E-state index in [0.717, 1.165) is 5.56 Å². The molecule has 2 rings (SSSR count). The third kappa shape index (κ3) is 3.11. The van der Waals surface area contributed by atoms with Gasteiger partial charge in [0.15, 0.2) is 0 Å². The van der Waals surface area contributed by atoms with Crippen LogP contribution in [0.2, 0.25) is 5.02 Å². The molecule has 1 fully saturated rings. The van der Waals surface area contributed by atoms with Gasteiger partial charge in [0.2, 0.25) is 0 Å². The van der Waals surface area contributed by atoms with E-state index in [1.807, 2.05) is 0 Å². The van der Waals surface area contributed by atoms with E-state index in [0.29, 0.717) is 10.7 Å². The summed E-state index contributed by atoms with van der Waals surface area (Å²) in [6, 6.07) is 4.11. The van der Waals surface area contributed by atoms with Crippen LogP contribution in [-0.2, 0) is 9.53 Å². The molecule has 0 spiro atoms. The van der Waals surface area contributed by atoms with Crippen molar-refractivity contribution < 1.29 is 19.4 Å². The van der Waals surface area contributed by atoms with E-state index in [1.165, 1.54) is 0 Å². The first-order valence-corrected chi connectivity index (χ1v) is 6.86. The van der Waals surface area contributed by atoms with Gasteiger partial charge in [-0.2, -0.15) is 0 Å². The molecule has 1 aromatic rings. The van der Waals surface area contributed by atoms with E-state index in [2.05, 4.69) is 10.6 Å². The summed E-state index contributed by atoms with van der Waals surface area (Å²) in [7, 11) is 0. The molecule has 1 heterocycles. The maximum atomic E-state index is 12.0. The summed E-state index contributed by atoms with van der Waals surface area (Å²) in [5.41, 5.74) is 0.203. The van der Waals surface area contributed by atoms with Crippen molar-refractivity contribution >= 4 is 29.3 Å². The van der Waals surface area contributed by atoms with E-state index < -0.39 is 23.5 Å². The number of ether oxygens (including phenoxy) is 1. The van der Waals surface area contributed by atoms with Gasteiger partial charge < -0.3 is 20.5 Å². The number of anilines is 1. The fourth-order valence-corrected chi connectivity index (χ4v) is 2.32. The lowest BCUT2D eigenvalue weighted by atomic mass is 9.85. The number of benzene rings is 1. The molecule has 114 valence electrons. The quantitative estimate of drug-likeness (QED) is 0.799. The van der Waals surface area contributed by atoms with Gasteiger partial charge >= 0.3 is 12.0 Å². The van der Waals surface area contributed by atoms with E-state index in [-0.39, 0.29) is 13.2 Å². The molecule has 1 aliphatic heterocycles. The number of rotatable bonds is 3. The summed E-state index contributed by atoms with van der Waals surface area (Å²) in [4.78, 5) is 23.3. The molecule has 1 saturated heterocycles. The number of hydrogen-bond acceptors (Lipinski definition) is 3. The Hall–Kier alpha value is -1.79. The Labute approximate surface area is 127 Å². The highest BCUT2D eigenvalue weighted by molar-refractivity contribution is 6.31. The second kappa shape index (κ2) is 5.91. The van der Waals surface area contributed by atoms with Crippen molar-refractivity contribution in [2.45, 2.75) is 19.9 Å². The molecule has 0 aliphatic carbocycles. The molecule has 0 aromatic heterocycles. The first-order chi connectivity index (χ1) is 9.84. The van der Waals surface area contributed by atoms with Crippen LogP contribution in [0.15, 0.2) is 18.2 Å². The van der Waals surface area contributed by atoms with Crippen molar-refractivity contribution in [3.05, 3.63) is 28.8 Å². The highest BCUT2D eigenvalue weighted by Gasteiger charge is 2.47. The fourth-order valence-electron chi connectivity index (χ4n) is 2.14. The maximum absolute atomic E-state index is 12.0. The van der Waals surface area contributed by atoms with Gasteiger partial charge in [-0.3, -0.25) is 4.79 Å². The van der Waals surface area contributed by atoms with E-state index in [4.69, 9.17) is 16.3 Å². The van der Waals surface area contributed by atoms with Crippen molar-refractivity contribution in [2.24, 2.45) is 5.41 Å². The Balaban J connectivity index is 2.05. The van der Waals surface area contributed by atoms with Gasteiger partial charge in [-0.05, 0) is 31.5 Å². The molecule has 2 amide bonds. The average Bonchev–Trinajstić information content (AvgIpc) is 2.78. The normalized spacial score (nSPS) is 24.6. The number of urea groups is 1. The molecule has 7 heteroatoms. The minimum Gasteiger partial charge on any atom is -0.481 e. The molecule has 21 heavy (non-hydrogen) atoms. The number of nitrogens with one attached hydrogen (secondary N) is 2. The molecule has 0 radical (unpaired) electrons. The summed E-state index contributed by atoms with van der Waals surface area (Å²) >= 11 is 5.99. The summed E-state index contributed by atoms with van der Waals surface area (Å²) in [6.45, 7) is 3.59. The van der Waals surface area contributed by atoms with Crippen LogP contribution in [-0.4, -0.2) is 36.4 Å². The molecule has 3 N–H and O–H groups in total. The smallest absolute Gasteiger partial charge is 0.319 e. The lowest BCUT2D eigenvalue weighted by Gasteiger charge is -2.25. The zero-order valence-corrected chi connectivity index (χ0v) is 12.5. The highest BCUT2D eigenvalue weighted by atomic mass is 35.5. The summed E-state index contributed by atoms with van der Waals surface area (Å²) in [5, 5.41) is 15.1. The Morgan fingerprint density at radius 1 is 1.48 bits per heavy atom. The number of carboxylic acids is 1. The van der Waals surface area contributed by atoms with E-state index >= 15 is 0 Å². The maximum Gasteiger partial charge on any atom is 0.319 e. The molecule has 0 saturated carbocycles.